The number of benzene rings is 3. The molecule has 1 aliphatic heterocycles. The van der Waals surface area contributed by atoms with E-state index in [1.165, 1.54) is 4.31 Å². The molecule has 3 aromatic carbocycles. The molecule has 0 aliphatic carbocycles. The van der Waals surface area contributed by atoms with Gasteiger partial charge in [0, 0.05) is 23.2 Å². The van der Waals surface area contributed by atoms with Gasteiger partial charge in [0.2, 0.25) is 0 Å². The Balaban J connectivity index is 1.73. The summed E-state index contributed by atoms with van der Waals surface area (Å²) in [7, 11) is -3.60. The SMILES string of the molecule is CCN1c2ccc(C(=O)NC(C)c3ccccc3)cc2-c2ccccc2S1(=O)=O. The number of fused-ring (bicyclic) bond motifs is 3. The molecule has 0 fully saturated rings. The molecule has 0 bridgehead atoms. The molecule has 0 radical (unpaired) electrons. The summed E-state index contributed by atoms with van der Waals surface area (Å²) in [5.74, 6) is -0.196. The number of nitrogens with one attached hydrogen (secondary N) is 1. The van der Waals surface area contributed by atoms with Crippen LogP contribution >= 0.6 is 0 Å². The average molecular weight is 407 g/mol. The first kappa shape index (κ1) is 19.2. The van der Waals surface area contributed by atoms with Gasteiger partial charge >= 0.3 is 0 Å². The van der Waals surface area contributed by atoms with Crippen molar-refractivity contribution in [3.63, 3.8) is 0 Å². The fourth-order valence-electron chi connectivity index (χ4n) is 3.72. The van der Waals surface area contributed by atoms with Crippen LogP contribution in [0.3, 0.4) is 0 Å². The highest BCUT2D eigenvalue weighted by Gasteiger charge is 2.34. The first-order chi connectivity index (χ1) is 13.9. The Labute approximate surface area is 171 Å². The van der Waals surface area contributed by atoms with Crippen molar-refractivity contribution in [2.75, 3.05) is 10.8 Å². The highest BCUT2D eigenvalue weighted by atomic mass is 32.2. The van der Waals surface area contributed by atoms with Gasteiger partial charge in [-0.1, -0.05) is 48.5 Å². The molecule has 5 nitrogen and oxygen atoms in total. The summed E-state index contributed by atoms with van der Waals surface area (Å²) in [6, 6.07) is 21.7. The standard InChI is InChI=1S/C23H22N2O3S/c1-3-25-21-14-13-18(23(26)24-16(2)17-9-5-4-6-10-17)15-20(21)19-11-7-8-12-22(19)29(25,27)28/h4-16H,3H2,1-2H3,(H,24,26). The van der Waals surface area contributed by atoms with Crippen molar-refractivity contribution in [2.45, 2.75) is 24.8 Å². The van der Waals surface area contributed by atoms with Gasteiger partial charge in [-0.05, 0) is 43.7 Å². The molecule has 1 N–H and O–H groups in total. The van der Waals surface area contributed by atoms with Crippen LogP contribution < -0.4 is 9.62 Å². The molecule has 0 spiro atoms. The van der Waals surface area contributed by atoms with Crippen LogP contribution in [0.4, 0.5) is 5.69 Å². The number of sulfonamides is 1. The zero-order valence-electron chi connectivity index (χ0n) is 16.3. The molecule has 1 amide bonds. The van der Waals surface area contributed by atoms with E-state index in [0.29, 0.717) is 23.4 Å². The first-order valence-corrected chi connectivity index (χ1v) is 11.0. The van der Waals surface area contributed by atoms with Crippen molar-refractivity contribution in [2.24, 2.45) is 0 Å². The van der Waals surface area contributed by atoms with Crippen LogP contribution in [0.1, 0.15) is 35.8 Å². The molecular formula is C23H22N2O3S. The second-order valence-corrected chi connectivity index (χ2v) is 8.83. The Hall–Kier alpha value is -3.12. The molecule has 1 aliphatic rings. The number of amides is 1. The van der Waals surface area contributed by atoms with E-state index in [-0.39, 0.29) is 16.8 Å². The largest absolute Gasteiger partial charge is 0.346 e. The number of carbonyl (C=O) groups is 1. The minimum absolute atomic E-state index is 0.139. The molecule has 1 heterocycles. The Morgan fingerprint density at radius 2 is 1.66 bits per heavy atom. The van der Waals surface area contributed by atoms with Crippen LogP contribution in [-0.2, 0) is 10.0 Å². The zero-order valence-corrected chi connectivity index (χ0v) is 17.1. The van der Waals surface area contributed by atoms with Crippen LogP contribution in [0.25, 0.3) is 11.1 Å². The van der Waals surface area contributed by atoms with Crippen molar-refractivity contribution in [1.82, 2.24) is 5.32 Å². The highest BCUT2D eigenvalue weighted by molar-refractivity contribution is 7.93. The van der Waals surface area contributed by atoms with Crippen LogP contribution in [0.15, 0.2) is 77.7 Å². The van der Waals surface area contributed by atoms with Crippen molar-refractivity contribution in [1.29, 1.82) is 0 Å². The number of carbonyl (C=O) groups excluding carboxylic acids is 1. The average Bonchev–Trinajstić information content (AvgIpc) is 2.74. The van der Waals surface area contributed by atoms with Crippen molar-refractivity contribution in [3.8, 4) is 11.1 Å². The summed E-state index contributed by atoms with van der Waals surface area (Å²) in [5, 5.41) is 3.01. The maximum Gasteiger partial charge on any atom is 0.264 e. The summed E-state index contributed by atoms with van der Waals surface area (Å²) in [5.41, 5.74) is 3.48. The van der Waals surface area contributed by atoms with E-state index in [1.54, 1.807) is 43.3 Å². The zero-order chi connectivity index (χ0) is 20.6. The molecule has 29 heavy (non-hydrogen) atoms. The summed E-state index contributed by atoms with van der Waals surface area (Å²) in [4.78, 5) is 13.1. The second-order valence-electron chi connectivity index (χ2n) is 7.00. The molecule has 1 unspecified atom stereocenters. The van der Waals surface area contributed by atoms with Crippen molar-refractivity contribution >= 4 is 21.6 Å². The number of nitrogens with zero attached hydrogens (tertiary/aromatic N) is 1. The molecular weight excluding hydrogens is 384 g/mol. The molecule has 3 aromatic rings. The fraction of sp³-hybridized carbons (Fsp3) is 0.174. The lowest BCUT2D eigenvalue weighted by Gasteiger charge is -2.31. The third kappa shape index (κ3) is 3.29. The van der Waals surface area contributed by atoms with E-state index in [2.05, 4.69) is 5.32 Å². The topological polar surface area (TPSA) is 66.5 Å². The van der Waals surface area contributed by atoms with Gasteiger partial charge < -0.3 is 5.32 Å². The third-order valence-electron chi connectivity index (χ3n) is 5.21. The van der Waals surface area contributed by atoms with Gasteiger partial charge in [-0.15, -0.1) is 0 Å². The predicted molar refractivity (Wildman–Crippen MR) is 114 cm³/mol. The number of anilines is 1. The fourth-order valence-corrected chi connectivity index (χ4v) is 5.42. The summed E-state index contributed by atoms with van der Waals surface area (Å²) < 4.78 is 27.3. The van der Waals surface area contributed by atoms with E-state index in [9.17, 15) is 13.2 Å². The second kappa shape index (κ2) is 7.37. The van der Waals surface area contributed by atoms with Crippen molar-refractivity contribution < 1.29 is 13.2 Å². The van der Waals surface area contributed by atoms with Crippen molar-refractivity contribution in [3.05, 3.63) is 83.9 Å². The van der Waals surface area contributed by atoms with E-state index in [1.807, 2.05) is 43.3 Å². The van der Waals surface area contributed by atoms with E-state index >= 15 is 0 Å². The molecule has 148 valence electrons. The van der Waals surface area contributed by atoms with Gasteiger partial charge in [-0.25, -0.2) is 8.42 Å². The molecule has 4 rings (SSSR count). The molecule has 0 saturated heterocycles. The van der Waals surface area contributed by atoms with Gasteiger partial charge in [-0.3, -0.25) is 9.10 Å². The minimum Gasteiger partial charge on any atom is -0.346 e. The number of hydrogen-bond acceptors (Lipinski definition) is 3. The van der Waals surface area contributed by atoms with Gasteiger partial charge in [0.25, 0.3) is 15.9 Å². The number of hydrogen-bond donors (Lipinski definition) is 1. The van der Waals surface area contributed by atoms with Crippen LogP contribution in [0.5, 0.6) is 0 Å². The lowest BCUT2D eigenvalue weighted by Crippen LogP contribution is -2.34. The monoisotopic (exact) mass is 406 g/mol. The Morgan fingerprint density at radius 3 is 2.38 bits per heavy atom. The molecule has 0 aromatic heterocycles. The predicted octanol–water partition coefficient (Wildman–Crippen LogP) is 4.37. The molecule has 6 heteroatoms. The summed E-state index contributed by atoms with van der Waals surface area (Å²) >= 11 is 0. The lowest BCUT2D eigenvalue weighted by atomic mass is 9.99. The molecule has 0 saturated carbocycles. The normalized spacial score (nSPS) is 15.2. The third-order valence-corrected chi connectivity index (χ3v) is 7.15. The smallest absolute Gasteiger partial charge is 0.264 e. The maximum absolute atomic E-state index is 13.0. The van der Waals surface area contributed by atoms with Crippen LogP contribution in [0.2, 0.25) is 0 Å². The maximum atomic E-state index is 13.0. The summed E-state index contributed by atoms with van der Waals surface area (Å²) in [6.45, 7) is 4.06. The van der Waals surface area contributed by atoms with Gasteiger partial charge in [0.05, 0.1) is 16.6 Å². The lowest BCUT2D eigenvalue weighted by molar-refractivity contribution is 0.0940. The van der Waals surface area contributed by atoms with Crippen LogP contribution in [-0.4, -0.2) is 20.9 Å². The van der Waals surface area contributed by atoms with Gasteiger partial charge in [0.15, 0.2) is 0 Å². The minimum atomic E-state index is -3.60. The van der Waals surface area contributed by atoms with Gasteiger partial charge in [0.1, 0.15) is 0 Å². The van der Waals surface area contributed by atoms with Crippen LogP contribution in [0, 0.1) is 0 Å². The Bertz CT molecular complexity index is 1170. The first-order valence-electron chi connectivity index (χ1n) is 9.55. The highest BCUT2D eigenvalue weighted by Crippen LogP contribution is 2.43. The quantitative estimate of drug-likeness (QED) is 0.699. The Morgan fingerprint density at radius 1 is 0.966 bits per heavy atom. The summed E-state index contributed by atoms with van der Waals surface area (Å²) in [6.07, 6.45) is 0. The van der Waals surface area contributed by atoms with E-state index in [4.69, 9.17) is 0 Å². The number of rotatable bonds is 4. The van der Waals surface area contributed by atoms with Gasteiger partial charge in [-0.2, -0.15) is 0 Å². The van der Waals surface area contributed by atoms with E-state index in [0.717, 1.165) is 11.1 Å². The van der Waals surface area contributed by atoms with E-state index < -0.39 is 10.0 Å². The Kier molecular flexibility index (Phi) is 4.88. The molecule has 1 atom stereocenters.